The summed E-state index contributed by atoms with van der Waals surface area (Å²) in [6.07, 6.45) is 4.03. The number of nitrogens with zero attached hydrogens (tertiary/aromatic N) is 1. The number of likely N-dealkylation sites (tertiary alicyclic amines) is 1. The Labute approximate surface area is 116 Å². The highest BCUT2D eigenvalue weighted by atomic mass is 79.9. The third-order valence-electron chi connectivity index (χ3n) is 3.45. The van der Waals surface area contributed by atoms with E-state index >= 15 is 0 Å². The summed E-state index contributed by atoms with van der Waals surface area (Å²) in [5.41, 5.74) is 1.17. The van der Waals surface area contributed by atoms with Crippen molar-refractivity contribution >= 4 is 21.9 Å². The molecule has 1 atom stereocenters. The number of halogens is 1. The fourth-order valence-corrected chi connectivity index (χ4v) is 2.73. The molecule has 0 radical (unpaired) electrons. The molecule has 3 nitrogen and oxygen atoms in total. The molecular weight excluding hydrogens is 294 g/mol. The maximum Gasteiger partial charge on any atom is 0.320 e. The number of hydrogen-bond donors (Lipinski definition) is 1. The second kappa shape index (κ2) is 6.34. The van der Waals surface area contributed by atoms with Gasteiger partial charge in [0.25, 0.3) is 0 Å². The number of hydrogen-bond acceptors (Lipinski definition) is 2. The topological polar surface area (TPSA) is 40.5 Å². The van der Waals surface area contributed by atoms with Crippen LogP contribution in [0.1, 0.15) is 31.2 Å². The molecule has 0 saturated carbocycles. The first-order valence-electron chi connectivity index (χ1n) is 6.38. The molecular formula is C14H18BrNO2. The Balaban J connectivity index is 2.08. The fraction of sp³-hybridized carbons (Fsp3) is 0.500. The Morgan fingerprint density at radius 2 is 2.00 bits per heavy atom. The maximum absolute atomic E-state index is 11.3. The average molecular weight is 312 g/mol. The van der Waals surface area contributed by atoms with E-state index in [-0.39, 0.29) is 6.04 Å². The molecule has 0 aliphatic carbocycles. The van der Waals surface area contributed by atoms with Crippen LogP contribution >= 0.6 is 15.9 Å². The van der Waals surface area contributed by atoms with E-state index in [4.69, 9.17) is 0 Å². The number of carbonyl (C=O) groups is 1. The zero-order valence-electron chi connectivity index (χ0n) is 10.3. The van der Waals surface area contributed by atoms with Crippen LogP contribution in [0.25, 0.3) is 0 Å². The Kier molecular flexibility index (Phi) is 4.78. The highest BCUT2D eigenvalue weighted by Crippen LogP contribution is 2.20. The van der Waals surface area contributed by atoms with Crippen LogP contribution in [0.15, 0.2) is 28.7 Å². The monoisotopic (exact) mass is 311 g/mol. The third-order valence-corrected chi connectivity index (χ3v) is 3.98. The van der Waals surface area contributed by atoms with E-state index < -0.39 is 5.97 Å². The Morgan fingerprint density at radius 3 is 2.67 bits per heavy atom. The third kappa shape index (κ3) is 3.56. The Bertz CT molecular complexity index is 405. The van der Waals surface area contributed by atoms with Crippen molar-refractivity contribution in [3.63, 3.8) is 0 Å². The first kappa shape index (κ1) is 13.6. The number of carboxylic acid groups (broad SMARTS) is 1. The number of aliphatic carboxylic acids is 1. The molecule has 1 aliphatic heterocycles. The molecule has 0 bridgehead atoms. The van der Waals surface area contributed by atoms with Gasteiger partial charge in [-0.3, -0.25) is 9.69 Å². The van der Waals surface area contributed by atoms with Gasteiger partial charge in [0.2, 0.25) is 0 Å². The second-order valence-corrected chi connectivity index (χ2v) is 5.72. The second-order valence-electron chi connectivity index (χ2n) is 4.80. The summed E-state index contributed by atoms with van der Waals surface area (Å²) < 4.78 is 1.05. The largest absolute Gasteiger partial charge is 0.480 e. The molecule has 1 saturated heterocycles. The van der Waals surface area contributed by atoms with Gasteiger partial charge in [0.05, 0.1) is 0 Å². The van der Waals surface area contributed by atoms with Gasteiger partial charge in [0.1, 0.15) is 6.04 Å². The van der Waals surface area contributed by atoms with Gasteiger partial charge in [0.15, 0.2) is 0 Å². The van der Waals surface area contributed by atoms with Crippen molar-refractivity contribution in [3.05, 3.63) is 34.3 Å². The molecule has 1 fully saturated rings. The summed E-state index contributed by atoms with van der Waals surface area (Å²) in [6.45, 7) is 1.61. The molecule has 1 aromatic carbocycles. The molecule has 2 rings (SSSR count). The zero-order chi connectivity index (χ0) is 13.0. The molecule has 0 spiro atoms. The molecule has 1 unspecified atom stereocenters. The molecule has 4 heteroatoms. The van der Waals surface area contributed by atoms with Crippen molar-refractivity contribution in [3.8, 4) is 0 Å². The molecule has 0 aromatic heterocycles. The lowest BCUT2D eigenvalue weighted by Crippen LogP contribution is -2.40. The predicted octanol–water partition coefficient (Wildman–Crippen LogP) is 3.28. The average Bonchev–Trinajstić information content (AvgIpc) is 2.57. The van der Waals surface area contributed by atoms with E-state index in [1.807, 2.05) is 24.3 Å². The molecule has 98 valence electrons. The first-order chi connectivity index (χ1) is 8.66. The van der Waals surface area contributed by atoms with Gasteiger partial charge in [-0.15, -0.1) is 0 Å². The molecule has 1 aliphatic rings. The maximum atomic E-state index is 11.3. The smallest absolute Gasteiger partial charge is 0.320 e. The highest BCUT2D eigenvalue weighted by molar-refractivity contribution is 9.10. The van der Waals surface area contributed by atoms with Crippen LogP contribution in [0.4, 0.5) is 0 Å². The van der Waals surface area contributed by atoms with E-state index in [0.29, 0.717) is 0 Å². The van der Waals surface area contributed by atoms with E-state index in [9.17, 15) is 9.90 Å². The predicted molar refractivity (Wildman–Crippen MR) is 74.4 cm³/mol. The SMILES string of the molecule is O=C(O)C1CCCCCN1Cc1ccc(Br)cc1. The van der Waals surface area contributed by atoms with Crippen LogP contribution < -0.4 is 0 Å². The van der Waals surface area contributed by atoms with Crippen molar-refractivity contribution in [1.29, 1.82) is 0 Å². The normalized spacial score (nSPS) is 21.5. The highest BCUT2D eigenvalue weighted by Gasteiger charge is 2.26. The minimum absolute atomic E-state index is 0.323. The van der Waals surface area contributed by atoms with E-state index in [0.717, 1.165) is 43.2 Å². The number of benzene rings is 1. The van der Waals surface area contributed by atoms with Gasteiger partial charge in [-0.2, -0.15) is 0 Å². The van der Waals surface area contributed by atoms with Gasteiger partial charge in [-0.05, 0) is 37.1 Å². The first-order valence-corrected chi connectivity index (χ1v) is 7.17. The summed E-state index contributed by atoms with van der Waals surface area (Å²) in [5, 5.41) is 9.31. The van der Waals surface area contributed by atoms with Crippen LogP contribution in [0.2, 0.25) is 0 Å². The summed E-state index contributed by atoms with van der Waals surface area (Å²) in [6, 6.07) is 7.78. The van der Waals surface area contributed by atoms with E-state index in [1.54, 1.807) is 0 Å². The van der Waals surface area contributed by atoms with Crippen molar-refractivity contribution in [2.24, 2.45) is 0 Å². The van der Waals surface area contributed by atoms with E-state index in [1.165, 1.54) is 5.56 Å². The molecule has 18 heavy (non-hydrogen) atoms. The van der Waals surface area contributed by atoms with Crippen LogP contribution in [0, 0.1) is 0 Å². The molecule has 1 aromatic rings. The summed E-state index contributed by atoms with van der Waals surface area (Å²) >= 11 is 3.41. The number of carboxylic acids is 1. The standard InChI is InChI=1S/C14H18BrNO2/c15-12-7-5-11(6-8-12)10-16-9-3-1-2-4-13(16)14(17)18/h5-8,13H,1-4,9-10H2,(H,17,18). The quantitative estimate of drug-likeness (QED) is 0.931. The van der Waals surface area contributed by atoms with Gasteiger partial charge in [0, 0.05) is 11.0 Å². The lowest BCUT2D eigenvalue weighted by atomic mass is 10.1. The lowest BCUT2D eigenvalue weighted by molar-refractivity contribution is -0.143. The van der Waals surface area contributed by atoms with Crippen molar-refractivity contribution in [2.45, 2.75) is 38.3 Å². The van der Waals surface area contributed by atoms with Gasteiger partial charge in [-0.25, -0.2) is 0 Å². The van der Waals surface area contributed by atoms with Crippen LogP contribution in [0.3, 0.4) is 0 Å². The van der Waals surface area contributed by atoms with Crippen LogP contribution in [-0.2, 0) is 11.3 Å². The lowest BCUT2D eigenvalue weighted by Gasteiger charge is -2.26. The van der Waals surface area contributed by atoms with E-state index in [2.05, 4.69) is 20.8 Å². The summed E-state index contributed by atoms with van der Waals surface area (Å²) in [7, 11) is 0. The zero-order valence-corrected chi connectivity index (χ0v) is 11.9. The molecule has 1 N–H and O–H groups in total. The Morgan fingerprint density at radius 1 is 1.28 bits per heavy atom. The summed E-state index contributed by atoms with van der Waals surface area (Å²) in [5.74, 6) is -0.686. The van der Waals surface area contributed by atoms with Gasteiger partial charge < -0.3 is 5.11 Å². The van der Waals surface area contributed by atoms with Crippen molar-refractivity contribution in [1.82, 2.24) is 4.90 Å². The van der Waals surface area contributed by atoms with Gasteiger partial charge >= 0.3 is 5.97 Å². The number of rotatable bonds is 3. The molecule has 1 heterocycles. The Hall–Kier alpha value is -0.870. The van der Waals surface area contributed by atoms with Crippen LogP contribution in [0.5, 0.6) is 0 Å². The minimum Gasteiger partial charge on any atom is -0.480 e. The van der Waals surface area contributed by atoms with Crippen molar-refractivity contribution < 1.29 is 9.90 Å². The summed E-state index contributed by atoms with van der Waals surface area (Å²) in [4.78, 5) is 13.4. The molecule has 0 amide bonds. The fourth-order valence-electron chi connectivity index (χ4n) is 2.46. The van der Waals surface area contributed by atoms with Crippen LogP contribution in [-0.4, -0.2) is 28.6 Å². The van der Waals surface area contributed by atoms with Crippen molar-refractivity contribution in [2.75, 3.05) is 6.54 Å². The van der Waals surface area contributed by atoms with Gasteiger partial charge in [-0.1, -0.05) is 40.9 Å². The minimum atomic E-state index is -0.686.